The lowest BCUT2D eigenvalue weighted by molar-refractivity contribution is 0.122. The molecule has 2 aliphatic heterocycles. The summed E-state index contributed by atoms with van der Waals surface area (Å²) in [4.78, 5) is 21.8. The Morgan fingerprint density at radius 3 is 2.74 bits per heavy atom. The number of aliphatic hydroxyl groups excluding tert-OH is 1. The lowest BCUT2D eigenvalue weighted by Crippen LogP contribution is -2.37. The van der Waals surface area contributed by atoms with E-state index in [1.807, 2.05) is 36.1 Å². The molecule has 8 heteroatoms. The number of benzene rings is 1. The van der Waals surface area contributed by atoms with Gasteiger partial charge in [-0.2, -0.15) is 0 Å². The van der Waals surface area contributed by atoms with Gasteiger partial charge in [-0.15, -0.1) is 0 Å². The number of urea groups is 1. The van der Waals surface area contributed by atoms with E-state index in [1.54, 1.807) is 0 Å². The number of likely N-dealkylation sites (tertiary alicyclic amines) is 1. The van der Waals surface area contributed by atoms with E-state index in [1.165, 1.54) is 0 Å². The van der Waals surface area contributed by atoms with Crippen molar-refractivity contribution in [2.24, 2.45) is 5.92 Å². The molecule has 2 aromatic rings. The summed E-state index contributed by atoms with van der Waals surface area (Å²) in [6.45, 7) is 10.8. The zero-order chi connectivity index (χ0) is 24.1. The van der Waals surface area contributed by atoms with Crippen LogP contribution in [0.5, 0.6) is 0 Å². The first-order valence-corrected chi connectivity index (χ1v) is 12.4. The third-order valence-electron chi connectivity index (χ3n) is 6.77. The van der Waals surface area contributed by atoms with Gasteiger partial charge < -0.3 is 30.3 Å². The van der Waals surface area contributed by atoms with Gasteiger partial charge in [-0.3, -0.25) is 0 Å². The smallest absolute Gasteiger partial charge is 0.321 e. The number of morpholine rings is 1. The molecule has 0 radical (unpaired) electrons. The number of hydrogen-bond acceptors (Lipinski definition) is 6. The molecule has 0 unspecified atom stereocenters. The number of amides is 2. The van der Waals surface area contributed by atoms with Crippen molar-refractivity contribution in [3.8, 4) is 11.1 Å². The third kappa shape index (κ3) is 5.80. The number of ether oxygens (including phenoxy) is 1. The molecule has 0 bridgehead atoms. The molecule has 3 heterocycles. The Hall–Kier alpha value is -2.84. The number of nitrogens with zero attached hydrogens (tertiary/aromatic N) is 3. The Bertz CT molecular complexity index is 992. The predicted molar refractivity (Wildman–Crippen MR) is 137 cm³/mol. The highest BCUT2D eigenvalue weighted by atomic mass is 16.5. The first-order valence-electron chi connectivity index (χ1n) is 12.4. The van der Waals surface area contributed by atoms with E-state index in [0.29, 0.717) is 19.1 Å². The first kappa shape index (κ1) is 24.3. The van der Waals surface area contributed by atoms with Crippen molar-refractivity contribution >= 4 is 23.4 Å². The largest absolute Gasteiger partial charge is 0.394 e. The fraction of sp³-hybridized carbons (Fsp3) is 0.538. The average Bonchev–Trinajstić information content (AvgIpc) is 3.35. The Balaban J connectivity index is 1.61. The standard InChI is InChI=1S/C26H37N5O3/c1-4-20-7-8-31(16-20)26(33)28-22-6-5-18(2)23(15-22)21-13-24(27-19(3)17-32)29-25(14-21)30-9-11-34-12-10-30/h5-6,13-15,19-20,32H,4,7-12,16-17H2,1-3H3,(H,27,29)(H,28,33)/t19-,20+/m0/s1. The summed E-state index contributed by atoms with van der Waals surface area (Å²) < 4.78 is 5.51. The van der Waals surface area contributed by atoms with Gasteiger partial charge >= 0.3 is 6.03 Å². The van der Waals surface area contributed by atoms with Crippen molar-refractivity contribution in [2.45, 2.75) is 39.7 Å². The van der Waals surface area contributed by atoms with Crippen LogP contribution in [0, 0.1) is 12.8 Å². The summed E-state index contributed by atoms with van der Waals surface area (Å²) in [6.07, 6.45) is 2.18. The van der Waals surface area contributed by atoms with Gasteiger partial charge in [-0.05, 0) is 67.1 Å². The van der Waals surface area contributed by atoms with Gasteiger partial charge in [0, 0.05) is 37.9 Å². The Kier molecular flexibility index (Phi) is 7.90. The Morgan fingerprint density at radius 2 is 2.03 bits per heavy atom. The maximum atomic E-state index is 12.8. The van der Waals surface area contributed by atoms with Crippen LogP contribution in [-0.2, 0) is 4.74 Å². The molecule has 8 nitrogen and oxygen atoms in total. The molecule has 0 saturated carbocycles. The molecule has 2 fully saturated rings. The molecule has 4 rings (SSSR count). The summed E-state index contributed by atoms with van der Waals surface area (Å²) >= 11 is 0. The van der Waals surface area contributed by atoms with Gasteiger partial charge in [0.1, 0.15) is 11.6 Å². The monoisotopic (exact) mass is 467 g/mol. The van der Waals surface area contributed by atoms with Crippen LogP contribution in [0.1, 0.15) is 32.3 Å². The lowest BCUT2D eigenvalue weighted by atomic mass is 10.00. The summed E-state index contributed by atoms with van der Waals surface area (Å²) in [5.41, 5.74) is 3.96. The number of carbonyl (C=O) groups excluding carboxylic acids is 1. The van der Waals surface area contributed by atoms with E-state index in [2.05, 4.69) is 35.4 Å². The molecule has 2 aliphatic rings. The number of aryl methyl sites for hydroxylation is 1. The van der Waals surface area contributed by atoms with Gasteiger partial charge in [-0.25, -0.2) is 9.78 Å². The summed E-state index contributed by atoms with van der Waals surface area (Å²) in [5, 5.41) is 15.9. The molecule has 1 aromatic heterocycles. The highest BCUT2D eigenvalue weighted by Crippen LogP contribution is 2.32. The Morgan fingerprint density at radius 1 is 1.24 bits per heavy atom. The second-order valence-corrected chi connectivity index (χ2v) is 9.40. The first-order chi connectivity index (χ1) is 16.5. The molecular formula is C26H37N5O3. The molecule has 1 aromatic carbocycles. The van der Waals surface area contributed by atoms with Crippen molar-refractivity contribution < 1.29 is 14.6 Å². The topological polar surface area (TPSA) is 90.0 Å². The number of anilines is 3. The van der Waals surface area contributed by atoms with Gasteiger partial charge in [0.2, 0.25) is 0 Å². The predicted octanol–water partition coefficient (Wildman–Crippen LogP) is 3.95. The molecule has 0 aliphatic carbocycles. The minimum absolute atomic E-state index is 0.0225. The van der Waals surface area contributed by atoms with Crippen molar-refractivity contribution in [3.63, 3.8) is 0 Å². The summed E-state index contributed by atoms with van der Waals surface area (Å²) in [5.74, 6) is 2.20. The number of pyridine rings is 1. The van der Waals surface area contributed by atoms with Crippen LogP contribution >= 0.6 is 0 Å². The Labute approximate surface area is 202 Å². The van der Waals surface area contributed by atoms with Gasteiger partial charge in [0.15, 0.2) is 0 Å². The van der Waals surface area contributed by atoms with E-state index < -0.39 is 0 Å². The van der Waals surface area contributed by atoms with Crippen LogP contribution in [0.3, 0.4) is 0 Å². The van der Waals surface area contributed by atoms with Crippen LogP contribution in [0.4, 0.5) is 22.1 Å². The number of aromatic nitrogens is 1. The van der Waals surface area contributed by atoms with Crippen molar-refractivity contribution in [1.82, 2.24) is 9.88 Å². The third-order valence-corrected chi connectivity index (χ3v) is 6.77. The lowest BCUT2D eigenvalue weighted by Gasteiger charge is -2.29. The second-order valence-electron chi connectivity index (χ2n) is 9.40. The summed E-state index contributed by atoms with van der Waals surface area (Å²) in [6, 6.07) is 10.0. The molecule has 184 valence electrons. The molecular weight excluding hydrogens is 430 g/mol. The zero-order valence-corrected chi connectivity index (χ0v) is 20.5. The van der Waals surface area contributed by atoms with E-state index in [0.717, 1.165) is 73.0 Å². The molecule has 2 amide bonds. The number of hydrogen-bond donors (Lipinski definition) is 3. The van der Waals surface area contributed by atoms with Crippen molar-refractivity contribution in [3.05, 3.63) is 35.9 Å². The van der Waals surface area contributed by atoms with E-state index >= 15 is 0 Å². The van der Waals surface area contributed by atoms with Gasteiger partial charge in [-0.1, -0.05) is 19.4 Å². The molecule has 2 atom stereocenters. The van der Waals surface area contributed by atoms with Crippen LogP contribution in [0.25, 0.3) is 11.1 Å². The van der Waals surface area contributed by atoms with E-state index in [-0.39, 0.29) is 18.7 Å². The van der Waals surface area contributed by atoms with Crippen LogP contribution in [-0.4, -0.2) is 73.1 Å². The van der Waals surface area contributed by atoms with Crippen molar-refractivity contribution in [1.29, 1.82) is 0 Å². The number of aliphatic hydroxyl groups is 1. The van der Waals surface area contributed by atoms with Gasteiger partial charge in [0.25, 0.3) is 0 Å². The summed E-state index contributed by atoms with van der Waals surface area (Å²) in [7, 11) is 0. The number of nitrogens with one attached hydrogen (secondary N) is 2. The van der Waals surface area contributed by atoms with Crippen LogP contribution < -0.4 is 15.5 Å². The highest BCUT2D eigenvalue weighted by molar-refractivity contribution is 5.91. The SMILES string of the molecule is CC[C@@H]1CCN(C(=O)Nc2ccc(C)c(-c3cc(N[C@@H](C)CO)nc(N4CCOCC4)c3)c2)C1. The molecule has 0 spiro atoms. The van der Waals surface area contributed by atoms with E-state index in [9.17, 15) is 9.90 Å². The number of carbonyl (C=O) groups is 1. The fourth-order valence-electron chi connectivity index (χ4n) is 4.56. The number of rotatable bonds is 7. The van der Waals surface area contributed by atoms with Crippen LogP contribution in [0.15, 0.2) is 30.3 Å². The van der Waals surface area contributed by atoms with Gasteiger partial charge in [0.05, 0.1) is 19.8 Å². The fourth-order valence-corrected chi connectivity index (χ4v) is 4.56. The molecule has 2 saturated heterocycles. The minimum atomic E-state index is -0.112. The maximum absolute atomic E-state index is 12.8. The van der Waals surface area contributed by atoms with E-state index in [4.69, 9.17) is 9.72 Å². The normalized spacial score (nSPS) is 19.2. The second kappa shape index (κ2) is 11.1. The average molecular weight is 468 g/mol. The maximum Gasteiger partial charge on any atom is 0.321 e. The van der Waals surface area contributed by atoms with Crippen molar-refractivity contribution in [2.75, 3.05) is 61.5 Å². The minimum Gasteiger partial charge on any atom is -0.394 e. The molecule has 34 heavy (non-hydrogen) atoms. The van der Waals surface area contributed by atoms with Crippen LogP contribution in [0.2, 0.25) is 0 Å². The quantitative estimate of drug-likeness (QED) is 0.571. The zero-order valence-electron chi connectivity index (χ0n) is 20.5. The molecule has 3 N–H and O–H groups in total. The highest BCUT2D eigenvalue weighted by Gasteiger charge is 2.25.